The average Bonchev–Trinajstić information content (AvgIpc) is 2.18. The highest BCUT2D eigenvalue weighted by atomic mass is 19.1. The van der Waals surface area contributed by atoms with Crippen molar-refractivity contribution in [2.45, 2.75) is 6.92 Å². The highest BCUT2D eigenvalue weighted by Gasteiger charge is 2.12. The number of benzene rings is 1. The van der Waals surface area contributed by atoms with Gasteiger partial charge in [0.05, 0.1) is 7.11 Å². The third-order valence-electron chi connectivity index (χ3n) is 1.79. The predicted molar refractivity (Wildman–Crippen MR) is 50.2 cm³/mol. The Morgan fingerprint density at radius 2 is 2.00 bits per heavy atom. The summed E-state index contributed by atoms with van der Waals surface area (Å²) in [6.45, 7) is 1.78. The zero-order valence-corrected chi connectivity index (χ0v) is 8.46. The number of halogens is 1. The van der Waals surface area contributed by atoms with Crippen molar-refractivity contribution >= 4 is 0 Å². The lowest BCUT2D eigenvalue weighted by molar-refractivity contribution is 0.0479. The van der Waals surface area contributed by atoms with Gasteiger partial charge in [0.2, 0.25) is 5.82 Å². The zero-order valence-electron chi connectivity index (χ0n) is 8.46. The quantitative estimate of drug-likeness (QED) is 0.697. The molecule has 0 heterocycles. The van der Waals surface area contributed by atoms with E-state index in [9.17, 15) is 4.39 Å². The van der Waals surface area contributed by atoms with Gasteiger partial charge < -0.3 is 14.2 Å². The maximum atomic E-state index is 13.6. The fraction of sp³-hybridized carbons (Fsp3) is 0.400. The molecule has 1 rings (SSSR count). The van der Waals surface area contributed by atoms with Crippen LogP contribution in [0.15, 0.2) is 12.1 Å². The third kappa shape index (κ3) is 2.14. The van der Waals surface area contributed by atoms with Gasteiger partial charge in [-0.1, -0.05) is 6.07 Å². The maximum absolute atomic E-state index is 13.6. The predicted octanol–water partition coefficient (Wildman–Crippen LogP) is 2.13. The standard InChI is InChI=1S/C10H13FO3/c1-7-4-5-8(14-6-12-2)9(11)10(7)13-3/h4-5H,6H2,1-3H3. The van der Waals surface area contributed by atoms with E-state index in [-0.39, 0.29) is 18.3 Å². The van der Waals surface area contributed by atoms with Crippen LogP contribution in [0, 0.1) is 12.7 Å². The third-order valence-corrected chi connectivity index (χ3v) is 1.79. The van der Waals surface area contributed by atoms with Crippen LogP contribution in [0.3, 0.4) is 0 Å². The molecule has 0 aliphatic rings. The van der Waals surface area contributed by atoms with Gasteiger partial charge in [0.1, 0.15) is 0 Å². The molecule has 0 spiro atoms. The fourth-order valence-electron chi connectivity index (χ4n) is 1.12. The minimum atomic E-state index is -0.496. The van der Waals surface area contributed by atoms with Crippen LogP contribution in [-0.4, -0.2) is 21.0 Å². The van der Waals surface area contributed by atoms with Gasteiger partial charge in [-0.15, -0.1) is 0 Å². The van der Waals surface area contributed by atoms with Crippen molar-refractivity contribution < 1.29 is 18.6 Å². The number of methoxy groups -OCH3 is 2. The second-order valence-corrected chi connectivity index (χ2v) is 2.78. The summed E-state index contributed by atoms with van der Waals surface area (Å²) in [5.41, 5.74) is 0.731. The number of ether oxygens (including phenoxy) is 3. The summed E-state index contributed by atoms with van der Waals surface area (Å²) in [5, 5.41) is 0. The van der Waals surface area contributed by atoms with Crippen molar-refractivity contribution in [1.29, 1.82) is 0 Å². The summed E-state index contributed by atoms with van der Waals surface area (Å²) in [4.78, 5) is 0. The zero-order chi connectivity index (χ0) is 10.6. The Hall–Kier alpha value is -1.29. The van der Waals surface area contributed by atoms with Crippen LogP contribution >= 0.6 is 0 Å². The minimum Gasteiger partial charge on any atom is -0.493 e. The van der Waals surface area contributed by atoms with Crippen LogP contribution in [0.5, 0.6) is 11.5 Å². The molecule has 0 atom stereocenters. The summed E-state index contributed by atoms with van der Waals surface area (Å²) in [7, 11) is 2.90. The molecular formula is C10H13FO3. The highest BCUT2D eigenvalue weighted by Crippen LogP contribution is 2.29. The molecule has 0 aliphatic carbocycles. The van der Waals surface area contributed by atoms with E-state index in [0.29, 0.717) is 0 Å². The summed E-state index contributed by atoms with van der Waals surface area (Å²) in [6.07, 6.45) is 0. The highest BCUT2D eigenvalue weighted by molar-refractivity contribution is 5.41. The molecule has 0 fully saturated rings. The molecule has 14 heavy (non-hydrogen) atoms. The van der Waals surface area contributed by atoms with E-state index in [4.69, 9.17) is 9.47 Å². The first-order valence-corrected chi connectivity index (χ1v) is 4.15. The second kappa shape index (κ2) is 4.81. The Morgan fingerprint density at radius 1 is 1.29 bits per heavy atom. The summed E-state index contributed by atoms with van der Waals surface area (Å²) in [6, 6.07) is 3.28. The van der Waals surface area contributed by atoms with E-state index in [1.54, 1.807) is 19.1 Å². The van der Waals surface area contributed by atoms with Crippen LogP contribution in [0.4, 0.5) is 4.39 Å². The van der Waals surface area contributed by atoms with E-state index in [0.717, 1.165) is 5.56 Å². The van der Waals surface area contributed by atoms with Gasteiger partial charge >= 0.3 is 0 Å². The van der Waals surface area contributed by atoms with Crippen LogP contribution in [0.2, 0.25) is 0 Å². The van der Waals surface area contributed by atoms with Crippen molar-refractivity contribution in [3.05, 3.63) is 23.5 Å². The number of hydrogen-bond donors (Lipinski definition) is 0. The summed E-state index contributed by atoms with van der Waals surface area (Å²) >= 11 is 0. The fourth-order valence-corrected chi connectivity index (χ4v) is 1.12. The minimum absolute atomic E-state index is 0.0170. The Balaban J connectivity index is 2.96. The van der Waals surface area contributed by atoms with Crippen molar-refractivity contribution in [2.75, 3.05) is 21.0 Å². The molecule has 78 valence electrons. The smallest absolute Gasteiger partial charge is 0.207 e. The van der Waals surface area contributed by atoms with E-state index in [1.165, 1.54) is 14.2 Å². The lowest BCUT2D eigenvalue weighted by Crippen LogP contribution is -2.02. The monoisotopic (exact) mass is 200 g/mol. The molecule has 1 aromatic carbocycles. The molecule has 3 nitrogen and oxygen atoms in total. The van der Waals surface area contributed by atoms with Crippen molar-refractivity contribution in [2.24, 2.45) is 0 Å². The van der Waals surface area contributed by atoms with Gasteiger partial charge in [0, 0.05) is 7.11 Å². The van der Waals surface area contributed by atoms with Crippen LogP contribution in [0.25, 0.3) is 0 Å². The van der Waals surface area contributed by atoms with Crippen LogP contribution in [0.1, 0.15) is 5.56 Å². The Bertz CT molecular complexity index is 312. The normalized spacial score (nSPS) is 10.0. The largest absolute Gasteiger partial charge is 0.493 e. The Morgan fingerprint density at radius 3 is 2.57 bits per heavy atom. The first kappa shape index (κ1) is 10.8. The molecule has 0 aliphatic heterocycles. The molecule has 0 saturated carbocycles. The van der Waals surface area contributed by atoms with Gasteiger partial charge in [0.25, 0.3) is 0 Å². The second-order valence-electron chi connectivity index (χ2n) is 2.78. The van der Waals surface area contributed by atoms with Gasteiger partial charge in [0.15, 0.2) is 18.3 Å². The molecular weight excluding hydrogens is 187 g/mol. The first-order chi connectivity index (χ1) is 6.70. The topological polar surface area (TPSA) is 27.7 Å². The molecule has 0 amide bonds. The van der Waals surface area contributed by atoms with Crippen molar-refractivity contribution in [3.63, 3.8) is 0 Å². The Labute approximate surface area is 82.4 Å². The summed E-state index contributed by atoms with van der Waals surface area (Å²) < 4.78 is 28.1. The molecule has 0 N–H and O–H groups in total. The molecule has 0 aromatic heterocycles. The van der Waals surface area contributed by atoms with Gasteiger partial charge in [-0.3, -0.25) is 0 Å². The SMILES string of the molecule is COCOc1ccc(C)c(OC)c1F. The van der Waals surface area contributed by atoms with Crippen molar-refractivity contribution in [1.82, 2.24) is 0 Å². The summed E-state index contributed by atoms with van der Waals surface area (Å²) in [5.74, 6) is -0.155. The molecule has 0 radical (unpaired) electrons. The molecule has 1 aromatic rings. The van der Waals surface area contributed by atoms with E-state index < -0.39 is 5.82 Å². The number of hydrogen-bond acceptors (Lipinski definition) is 3. The van der Waals surface area contributed by atoms with E-state index in [2.05, 4.69) is 4.74 Å². The van der Waals surface area contributed by atoms with Crippen LogP contribution < -0.4 is 9.47 Å². The maximum Gasteiger partial charge on any atom is 0.207 e. The lowest BCUT2D eigenvalue weighted by Gasteiger charge is -2.10. The van der Waals surface area contributed by atoms with E-state index in [1.807, 2.05) is 0 Å². The first-order valence-electron chi connectivity index (χ1n) is 4.15. The van der Waals surface area contributed by atoms with Crippen LogP contribution in [-0.2, 0) is 4.74 Å². The number of aryl methyl sites for hydroxylation is 1. The van der Waals surface area contributed by atoms with Gasteiger partial charge in [-0.25, -0.2) is 0 Å². The molecule has 4 heteroatoms. The van der Waals surface area contributed by atoms with Gasteiger partial charge in [-0.05, 0) is 18.6 Å². The molecule has 0 unspecified atom stereocenters. The number of rotatable bonds is 4. The van der Waals surface area contributed by atoms with E-state index >= 15 is 0 Å². The molecule has 0 saturated heterocycles. The molecule has 0 bridgehead atoms. The van der Waals surface area contributed by atoms with Crippen molar-refractivity contribution in [3.8, 4) is 11.5 Å². The Kier molecular flexibility index (Phi) is 3.71. The lowest BCUT2D eigenvalue weighted by atomic mass is 10.2. The average molecular weight is 200 g/mol. The van der Waals surface area contributed by atoms with Gasteiger partial charge in [-0.2, -0.15) is 4.39 Å².